The quantitative estimate of drug-likeness (QED) is 0.648. The van der Waals surface area contributed by atoms with Crippen LogP contribution in [0.15, 0.2) is 65.6 Å². The van der Waals surface area contributed by atoms with Crippen LogP contribution in [0.25, 0.3) is 16.8 Å². The number of aromatic hydroxyl groups is 1. The van der Waals surface area contributed by atoms with E-state index in [0.29, 0.717) is 16.2 Å². The summed E-state index contributed by atoms with van der Waals surface area (Å²) in [5.74, 6) is 0.00315. The lowest BCUT2D eigenvalue weighted by atomic mass is 10.1. The molecule has 0 aliphatic carbocycles. The van der Waals surface area contributed by atoms with E-state index < -0.39 is 0 Å². The first-order chi connectivity index (χ1) is 13.5. The van der Waals surface area contributed by atoms with Gasteiger partial charge in [-0.25, -0.2) is 0 Å². The molecule has 0 bridgehead atoms. The zero-order valence-corrected chi connectivity index (χ0v) is 15.9. The highest BCUT2D eigenvalue weighted by Crippen LogP contribution is 2.35. The lowest BCUT2D eigenvalue weighted by Gasteiger charge is -2.13. The molecule has 5 nitrogen and oxygen atoms in total. The standard InChI is InChI=1S/C22H17NO4S/c1-27-19-11-14(7-9-18(19)24)12-20-21(25)23(22(26)28-20)13-15-6-8-16-4-2-3-5-17(16)10-15/h2-12,24H,13H2,1H3/b20-12-. The molecule has 0 unspecified atom stereocenters. The number of benzene rings is 3. The average molecular weight is 391 g/mol. The Bertz CT molecular complexity index is 1120. The van der Waals surface area contributed by atoms with E-state index in [2.05, 4.69) is 0 Å². The molecule has 2 amide bonds. The van der Waals surface area contributed by atoms with Crippen LogP contribution < -0.4 is 4.74 Å². The molecule has 0 radical (unpaired) electrons. The number of carbonyl (C=O) groups is 2. The SMILES string of the molecule is COc1cc(/C=C2\SC(=O)N(Cc3ccc4ccccc4c3)C2=O)ccc1O. The van der Waals surface area contributed by atoms with Crippen LogP contribution >= 0.6 is 11.8 Å². The number of rotatable bonds is 4. The van der Waals surface area contributed by atoms with Crippen LogP contribution in [-0.2, 0) is 11.3 Å². The van der Waals surface area contributed by atoms with Gasteiger partial charge in [0, 0.05) is 0 Å². The Morgan fingerprint density at radius 3 is 2.61 bits per heavy atom. The minimum Gasteiger partial charge on any atom is -0.504 e. The lowest BCUT2D eigenvalue weighted by Crippen LogP contribution is -2.27. The van der Waals surface area contributed by atoms with Crippen molar-refractivity contribution in [2.75, 3.05) is 7.11 Å². The number of hydrogen-bond acceptors (Lipinski definition) is 5. The number of ether oxygens (including phenoxy) is 1. The minimum atomic E-state index is -0.324. The van der Waals surface area contributed by atoms with Gasteiger partial charge in [-0.3, -0.25) is 14.5 Å². The monoisotopic (exact) mass is 391 g/mol. The third-order valence-electron chi connectivity index (χ3n) is 4.53. The summed E-state index contributed by atoms with van der Waals surface area (Å²) < 4.78 is 5.08. The van der Waals surface area contributed by atoms with Crippen molar-refractivity contribution in [3.05, 3.63) is 76.7 Å². The van der Waals surface area contributed by atoms with Gasteiger partial charge in [0.1, 0.15) is 0 Å². The van der Waals surface area contributed by atoms with Crippen LogP contribution in [0.1, 0.15) is 11.1 Å². The maximum Gasteiger partial charge on any atom is 0.293 e. The van der Waals surface area contributed by atoms with E-state index in [9.17, 15) is 14.7 Å². The highest BCUT2D eigenvalue weighted by Gasteiger charge is 2.35. The lowest BCUT2D eigenvalue weighted by molar-refractivity contribution is -0.123. The molecule has 0 aromatic heterocycles. The van der Waals surface area contributed by atoms with E-state index in [1.165, 1.54) is 18.1 Å². The third-order valence-corrected chi connectivity index (χ3v) is 5.44. The highest BCUT2D eigenvalue weighted by atomic mass is 32.2. The molecule has 0 spiro atoms. The van der Waals surface area contributed by atoms with Gasteiger partial charge in [0.05, 0.1) is 18.6 Å². The largest absolute Gasteiger partial charge is 0.504 e. The Morgan fingerprint density at radius 1 is 1.04 bits per heavy atom. The summed E-state index contributed by atoms with van der Waals surface area (Å²) in [6.45, 7) is 0.228. The number of amides is 2. The van der Waals surface area contributed by atoms with Crippen LogP contribution in [0.4, 0.5) is 4.79 Å². The molecule has 3 aromatic rings. The number of phenols is 1. The normalized spacial score (nSPS) is 15.6. The zero-order chi connectivity index (χ0) is 19.7. The molecule has 1 fully saturated rings. The molecule has 28 heavy (non-hydrogen) atoms. The van der Waals surface area contributed by atoms with Gasteiger partial charge in [-0.2, -0.15) is 0 Å². The number of hydrogen-bond donors (Lipinski definition) is 1. The van der Waals surface area contributed by atoms with Gasteiger partial charge in [0.15, 0.2) is 11.5 Å². The summed E-state index contributed by atoms with van der Waals surface area (Å²) in [5.41, 5.74) is 1.57. The van der Waals surface area contributed by atoms with Gasteiger partial charge in [0.2, 0.25) is 0 Å². The molecule has 6 heteroatoms. The Hall–Kier alpha value is -3.25. The van der Waals surface area contributed by atoms with E-state index >= 15 is 0 Å². The van der Waals surface area contributed by atoms with Crippen molar-refractivity contribution in [2.45, 2.75) is 6.54 Å². The van der Waals surface area contributed by atoms with Crippen molar-refractivity contribution in [1.82, 2.24) is 4.90 Å². The van der Waals surface area contributed by atoms with Crippen molar-refractivity contribution >= 4 is 39.8 Å². The molecule has 1 N–H and O–H groups in total. The van der Waals surface area contributed by atoms with Gasteiger partial charge in [-0.15, -0.1) is 0 Å². The highest BCUT2D eigenvalue weighted by molar-refractivity contribution is 8.18. The van der Waals surface area contributed by atoms with Crippen molar-refractivity contribution in [1.29, 1.82) is 0 Å². The fourth-order valence-electron chi connectivity index (χ4n) is 3.09. The van der Waals surface area contributed by atoms with E-state index in [1.807, 2.05) is 42.5 Å². The molecule has 4 rings (SSSR count). The summed E-state index contributed by atoms with van der Waals surface area (Å²) in [6.07, 6.45) is 1.63. The summed E-state index contributed by atoms with van der Waals surface area (Å²) >= 11 is 0.912. The molecular weight excluding hydrogens is 374 g/mol. The van der Waals surface area contributed by atoms with E-state index in [-0.39, 0.29) is 23.4 Å². The van der Waals surface area contributed by atoms with E-state index in [1.54, 1.807) is 18.2 Å². The first-order valence-corrected chi connectivity index (χ1v) is 9.47. The molecule has 140 valence electrons. The van der Waals surface area contributed by atoms with Crippen molar-refractivity contribution in [3.63, 3.8) is 0 Å². The Morgan fingerprint density at radius 2 is 1.82 bits per heavy atom. The number of thioether (sulfide) groups is 1. The molecule has 1 aliphatic heterocycles. The molecule has 1 heterocycles. The van der Waals surface area contributed by atoms with Crippen LogP contribution in [0.2, 0.25) is 0 Å². The molecule has 0 saturated carbocycles. The number of nitrogens with zero attached hydrogens (tertiary/aromatic N) is 1. The second kappa shape index (κ2) is 7.40. The fourth-order valence-corrected chi connectivity index (χ4v) is 3.93. The van der Waals surface area contributed by atoms with Crippen molar-refractivity contribution < 1.29 is 19.4 Å². The van der Waals surface area contributed by atoms with Gasteiger partial charge in [0.25, 0.3) is 11.1 Å². The first-order valence-electron chi connectivity index (χ1n) is 8.65. The summed E-state index contributed by atoms with van der Waals surface area (Å²) in [5, 5.41) is 11.6. The summed E-state index contributed by atoms with van der Waals surface area (Å²) in [6, 6.07) is 18.6. The predicted octanol–water partition coefficient (Wildman–Crippen LogP) is 4.79. The van der Waals surface area contributed by atoms with Crippen molar-refractivity contribution in [2.24, 2.45) is 0 Å². The first kappa shape index (κ1) is 18.1. The van der Waals surface area contributed by atoms with E-state index in [4.69, 9.17) is 4.74 Å². The predicted molar refractivity (Wildman–Crippen MR) is 110 cm³/mol. The van der Waals surface area contributed by atoms with Crippen LogP contribution in [0, 0.1) is 0 Å². The number of fused-ring (bicyclic) bond motifs is 1. The van der Waals surface area contributed by atoms with Crippen LogP contribution in [0.5, 0.6) is 11.5 Å². The summed E-state index contributed by atoms with van der Waals surface area (Å²) in [4.78, 5) is 26.7. The van der Waals surface area contributed by atoms with Crippen LogP contribution in [-0.4, -0.2) is 28.3 Å². The summed E-state index contributed by atoms with van der Waals surface area (Å²) in [7, 11) is 1.45. The van der Waals surface area contributed by atoms with E-state index in [0.717, 1.165) is 28.1 Å². The zero-order valence-electron chi connectivity index (χ0n) is 15.1. The smallest absolute Gasteiger partial charge is 0.293 e. The Kier molecular flexibility index (Phi) is 4.79. The second-order valence-electron chi connectivity index (χ2n) is 6.38. The number of methoxy groups -OCH3 is 1. The molecule has 0 atom stereocenters. The Balaban J connectivity index is 1.58. The van der Waals surface area contributed by atoms with Gasteiger partial charge in [-0.05, 0) is 57.9 Å². The third kappa shape index (κ3) is 3.46. The van der Waals surface area contributed by atoms with Crippen LogP contribution in [0.3, 0.4) is 0 Å². The average Bonchev–Trinajstić information content (AvgIpc) is 2.96. The molecule has 1 saturated heterocycles. The Labute approximate surface area is 166 Å². The maximum absolute atomic E-state index is 12.7. The van der Waals surface area contributed by atoms with Crippen molar-refractivity contribution in [3.8, 4) is 11.5 Å². The van der Waals surface area contributed by atoms with Gasteiger partial charge in [-0.1, -0.05) is 42.5 Å². The molecule has 3 aromatic carbocycles. The second-order valence-corrected chi connectivity index (χ2v) is 7.37. The topological polar surface area (TPSA) is 66.8 Å². The number of phenolic OH excluding ortho intramolecular Hbond substituents is 1. The molecule has 1 aliphatic rings. The fraction of sp³-hybridized carbons (Fsp3) is 0.0909. The molecular formula is C22H17NO4S. The minimum absolute atomic E-state index is 0.0176. The maximum atomic E-state index is 12.7. The van der Waals surface area contributed by atoms with Gasteiger partial charge >= 0.3 is 0 Å². The van der Waals surface area contributed by atoms with Gasteiger partial charge < -0.3 is 9.84 Å². The number of carbonyl (C=O) groups excluding carboxylic acids is 2. The number of imide groups is 1.